The normalized spacial score (nSPS) is 14.2. The van der Waals surface area contributed by atoms with Crippen LogP contribution in [0.15, 0.2) is 0 Å². The molecular weight excluding hydrogens is 1260 g/mol. The number of carbonyl (C=O) groups is 4. The van der Waals surface area contributed by atoms with Gasteiger partial charge in [0, 0.05) is 25.7 Å². The molecule has 3 N–H and O–H groups in total. The van der Waals surface area contributed by atoms with Crippen molar-refractivity contribution in [2.45, 2.75) is 425 Å². The van der Waals surface area contributed by atoms with Crippen LogP contribution in [0.4, 0.5) is 0 Å². The number of carbonyl (C=O) groups excluding carboxylic acids is 4. The first kappa shape index (κ1) is 94.1. The summed E-state index contributed by atoms with van der Waals surface area (Å²) in [5, 5.41) is 10.6. The molecule has 0 saturated carbocycles. The van der Waals surface area contributed by atoms with E-state index in [-0.39, 0.29) is 25.7 Å². The fraction of sp³-hybridized carbons (Fsp3) is 0.948. The predicted octanol–water partition coefficient (Wildman–Crippen LogP) is 22.9. The molecule has 570 valence electrons. The molecule has 0 heterocycles. The Morgan fingerprint density at radius 3 is 0.740 bits per heavy atom. The Morgan fingerprint density at radius 1 is 0.292 bits per heavy atom. The van der Waals surface area contributed by atoms with Crippen LogP contribution in [0.3, 0.4) is 0 Å². The number of esters is 4. The van der Waals surface area contributed by atoms with Crippen molar-refractivity contribution in [1.82, 2.24) is 0 Å². The predicted molar refractivity (Wildman–Crippen MR) is 391 cm³/mol. The third-order valence-corrected chi connectivity index (χ3v) is 20.3. The maximum absolute atomic E-state index is 13.1. The molecule has 0 aromatic rings. The summed E-state index contributed by atoms with van der Waals surface area (Å²) in [4.78, 5) is 72.8. The standard InChI is InChI=1S/C77H150O17P2/c1-6-10-13-16-19-22-24-26-27-28-29-30-31-32-33-34-36-38-41-47-52-57-62-76(81)93-72(67-88-75(80)61-56-51-46-40-37-35-25-23-20-17-14-11-7-2)68-91-95(83,84)89-64-71(78)65-90-96(85,86)92-69-73(66-87-74(79)60-55-50-45-39-21-18-15-12-8-3)94-77(82)63-58-53-48-43-42-44-49-54-59-70(5)9-4/h70-73,78H,6-69H2,1-5H3,(H,83,84)(H,85,86)/t70?,71-,72-,73-/m1/s1. The van der Waals surface area contributed by atoms with Crippen LogP contribution in [0.25, 0.3) is 0 Å². The van der Waals surface area contributed by atoms with Gasteiger partial charge in [-0.05, 0) is 31.6 Å². The number of aliphatic hydroxyl groups excluding tert-OH is 1. The van der Waals surface area contributed by atoms with Gasteiger partial charge in [0.15, 0.2) is 12.2 Å². The van der Waals surface area contributed by atoms with Crippen molar-refractivity contribution >= 4 is 39.5 Å². The first-order valence-electron chi connectivity index (χ1n) is 40.2. The van der Waals surface area contributed by atoms with Gasteiger partial charge in [-0.25, -0.2) is 9.13 Å². The highest BCUT2D eigenvalue weighted by Crippen LogP contribution is 2.45. The summed E-state index contributed by atoms with van der Waals surface area (Å²) in [5.41, 5.74) is 0. The molecular formula is C77H150O17P2. The van der Waals surface area contributed by atoms with E-state index in [1.165, 1.54) is 231 Å². The van der Waals surface area contributed by atoms with E-state index < -0.39 is 97.5 Å². The zero-order valence-corrected chi connectivity index (χ0v) is 64.3. The number of hydrogen-bond donors (Lipinski definition) is 3. The van der Waals surface area contributed by atoms with Crippen LogP contribution in [0.1, 0.15) is 407 Å². The minimum Gasteiger partial charge on any atom is -0.462 e. The lowest BCUT2D eigenvalue weighted by atomic mass is 9.99. The minimum absolute atomic E-state index is 0.105. The van der Waals surface area contributed by atoms with E-state index in [0.717, 1.165) is 95.8 Å². The Kier molecular flexibility index (Phi) is 68.7. The van der Waals surface area contributed by atoms with Gasteiger partial charge in [0.05, 0.1) is 26.4 Å². The third-order valence-electron chi connectivity index (χ3n) is 18.4. The molecule has 0 rings (SSSR count). The van der Waals surface area contributed by atoms with Crippen molar-refractivity contribution in [3.8, 4) is 0 Å². The Hall–Kier alpha value is -1.94. The first-order chi connectivity index (χ1) is 46.6. The SMILES string of the molecule is CCCCCCCCCCCCCCCCCCCCCCCCC(=O)O[C@H](COC(=O)CCCCCCCCCCCCCCC)COP(=O)(O)OC[C@@H](O)COP(=O)(O)OC[C@@H](COC(=O)CCCCCCCCCCC)OC(=O)CCCCCCCCCCC(C)CC. The van der Waals surface area contributed by atoms with E-state index >= 15 is 0 Å². The lowest BCUT2D eigenvalue weighted by molar-refractivity contribution is -0.161. The lowest BCUT2D eigenvalue weighted by Gasteiger charge is -2.21. The third kappa shape index (κ3) is 69.2. The molecule has 19 heteroatoms. The van der Waals surface area contributed by atoms with Crippen molar-refractivity contribution in [2.24, 2.45) is 5.92 Å². The summed E-state index contributed by atoms with van der Waals surface area (Å²) in [7, 11) is -9.91. The fourth-order valence-corrected chi connectivity index (χ4v) is 13.4. The van der Waals surface area contributed by atoms with Gasteiger partial charge in [-0.1, -0.05) is 356 Å². The topological polar surface area (TPSA) is 237 Å². The fourth-order valence-electron chi connectivity index (χ4n) is 11.8. The molecule has 6 atom stereocenters. The zero-order valence-electron chi connectivity index (χ0n) is 62.5. The van der Waals surface area contributed by atoms with Crippen LogP contribution < -0.4 is 0 Å². The lowest BCUT2D eigenvalue weighted by Crippen LogP contribution is -2.30. The van der Waals surface area contributed by atoms with Crippen LogP contribution in [-0.4, -0.2) is 96.7 Å². The molecule has 0 spiro atoms. The van der Waals surface area contributed by atoms with Gasteiger partial charge in [-0.2, -0.15) is 0 Å². The van der Waals surface area contributed by atoms with Crippen LogP contribution in [0.2, 0.25) is 0 Å². The number of aliphatic hydroxyl groups is 1. The number of rotatable bonds is 77. The van der Waals surface area contributed by atoms with Crippen LogP contribution >= 0.6 is 15.6 Å². The van der Waals surface area contributed by atoms with E-state index in [9.17, 15) is 43.2 Å². The average molecular weight is 1410 g/mol. The molecule has 3 unspecified atom stereocenters. The Morgan fingerprint density at radius 2 is 0.500 bits per heavy atom. The van der Waals surface area contributed by atoms with Gasteiger partial charge in [0.25, 0.3) is 0 Å². The number of phosphoric ester groups is 2. The highest BCUT2D eigenvalue weighted by Gasteiger charge is 2.30. The van der Waals surface area contributed by atoms with Crippen molar-refractivity contribution in [3.05, 3.63) is 0 Å². The van der Waals surface area contributed by atoms with Gasteiger partial charge >= 0.3 is 39.5 Å². The quantitative estimate of drug-likeness (QED) is 0.0222. The second-order valence-electron chi connectivity index (χ2n) is 28.0. The molecule has 0 amide bonds. The van der Waals surface area contributed by atoms with Gasteiger partial charge in [0.2, 0.25) is 0 Å². The maximum atomic E-state index is 13.1. The molecule has 0 radical (unpaired) electrons. The summed E-state index contributed by atoms with van der Waals surface area (Å²) >= 11 is 0. The molecule has 0 fully saturated rings. The maximum Gasteiger partial charge on any atom is 0.472 e. The van der Waals surface area contributed by atoms with Gasteiger partial charge in [-0.3, -0.25) is 37.3 Å². The van der Waals surface area contributed by atoms with E-state index in [2.05, 4.69) is 34.6 Å². The molecule has 0 aliphatic rings. The van der Waals surface area contributed by atoms with Crippen molar-refractivity contribution in [3.63, 3.8) is 0 Å². The second-order valence-corrected chi connectivity index (χ2v) is 30.9. The highest BCUT2D eigenvalue weighted by atomic mass is 31.2. The molecule has 0 aromatic heterocycles. The van der Waals surface area contributed by atoms with Crippen LogP contribution in [0.5, 0.6) is 0 Å². The molecule has 0 aliphatic heterocycles. The Labute approximate surface area is 588 Å². The highest BCUT2D eigenvalue weighted by molar-refractivity contribution is 7.47. The van der Waals surface area contributed by atoms with Gasteiger partial charge < -0.3 is 33.8 Å². The molecule has 0 aliphatic carbocycles. The van der Waals surface area contributed by atoms with E-state index in [1.54, 1.807) is 0 Å². The largest absolute Gasteiger partial charge is 0.472 e. The van der Waals surface area contributed by atoms with Crippen molar-refractivity contribution in [2.75, 3.05) is 39.6 Å². The first-order valence-corrected chi connectivity index (χ1v) is 43.2. The molecule has 96 heavy (non-hydrogen) atoms. The summed E-state index contributed by atoms with van der Waals surface area (Å²) in [6.45, 7) is 7.27. The summed E-state index contributed by atoms with van der Waals surface area (Å²) in [5.74, 6) is -1.35. The number of ether oxygens (including phenoxy) is 4. The molecule has 0 saturated heterocycles. The second kappa shape index (κ2) is 70.1. The Balaban J connectivity index is 5.17. The van der Waals surface area contributed by atoms with Crippen LogP contribution in [0, 0.1) is 5.92 Å². The summed E-state index contributed by atoms with van der Waals surface area (Å²) in [6.07, 6.45) is 59.7. The van der Waals surface area contributed by atoms with Crippen molar-refractivity contribution < 1.29 is 80.2 Å². The van der Waals surface area contributed by atoms with E-state index in [4.69, 9.17) is 37.0 Å². The average Bonchev–Trinajstić information content (AvgIpc) is 1.38. The number of phosphoric acid groups is 2. The monoisotopic (exact) mass is 1410 g/mol. The Bertz CT molecular complexity index is 1840. The minimum atomic E-state index is -4.96. The van der Waals surface area contributed by atoms with Gasteiger partial charge in [-0.15, -0.1) is 0 Å². The zero-order chi connectivity index (χ0) is 70.5. The molecule has 17 nitrogen and oxygen atoms in total. The summed E-state index contributed by atoms with van der Waals surface area (Å²) in [6, 6.07) is 0. The number of unbranched alkanes of at least 4 members (excludes halogenated alkanes) is 48. The smallest absolute Gasteiger partial charge is 0.462 e. The van der Waals surface area contributed by atoms with Crippen molar-refractivity contribution in [1.29, 1.82) is 0 Å². The molecule has 0 aromatic carbocycles. The van der Waals surface area contributed by atoms with E-state index in [0.29, 0.717) is 25.7 Å². The van der Waals surface area contributed by atoms with Gasteiger partial charge in [0.1, 0.15) is 19.3 Å². The van der Waals surface area contributed by atoms with Crippen LogP contribution in [-0.2, 0) is 65.4 Å². The van der Waals surface area contributed by atoms with E-state index in [1.807, 2.05) is 0 Å². The summed E-state index contributed by atoms with van der Waals surface area (Å²) < 4.78 is 68.5. The number of hydrogen-bond acceptors (Lipinski definition) is 15. The molecule has 0 bridgehead atoms.